The van der Waals surface area contributed by atoms with Crippen molar-refractivity contribution in [2.45, 2.75) is 52.0 Å². The summed E-state index contributed by atoms with van der Waals surface area (Å²) in [5.74, 6) is 0.780. The van der Waals surface area contributed by atoms with Gasteiger partial charge in [0.2, 0.25) is 0 Å². The van der Waals surface area contributed by atoms with Crippen molar-refractivity contribution < 1.29 is 0 Å². The summed E-state index contributed by atoms with van der Waals surface area (Å²) in [5.41, 5.74) is 3.19. The predicted molar refractivity (Wildman–Crippen MR) is 70.0 cm³/mol. The van der Waals surface area contributed by atoms with E-state index >= 15 is 0 Å². The molecule has 1 unspecified atom stereocenters. The lowest BCUT2D eigenvalue weighted by Crippen LogP contribution is -2.37. The fraction of sp³-hybridized carbons (Fsp3) is 0.769. The van der Waals surface area contributed by atoms with E-state index in [1.54, 1.807) is 11.3 Å². The van der Waals surface area contributed by atoms with E-state index in [9.17, 15) is 0 Å². The minimum Gasteiger partial charge on any atom is -0.314 e. The summed E-state index contributed by atoms with van der Waals surface area (Å²) >= 11 is 1.80. The van der Waals surface area contributed by atoms with E-state index in [0.717, 1.165) is 12.0 Å². The van der Waals surface area contributed by atoms with Crippen molar-refractivity contribution in [3.63, 3.8) is 0 Å². The van der Waals surface area contributed by atoms with Gasteiger partial charge in [0.05, 0.1) is 11.2 Å². The molecule has 0 aliphatic heterocycles. The number of nitrogens with one attached hydrogen (secondary N) is 1. The lowest BCUT2D eigenvalue weighted by molar-refractivity contribution is 0.317. The predicted octanol–water partition coefficient (Wildman–Crippen LogP) is 3.16. The Morgan fingerprint density at radius 2 is 2.38 bits per heavy atom. The summed E-state index contributed by atoms with van der Waals surface area (Å²) in [6.07, 6.45) is 6.68. The molecule has 2 nitrogen and oxygen atoms in total. The standard InChI is InChI=1S/C13H22N2S/c1-10(8-14-12-4-3-5-12)6-7-13-11(2)15-9-16-13/h9-10,12,14H,3-8H2,1-2H3. The Morgan fingerprint density at radius 1 is 1.56 bits per heavy atom. The summed E-state index contributed by atoms with van der Waals surface area (Å²) in [6.45, 7) is 5.65. The van der Waals surface area contributed by atoms with E-state index in [2.05, 4.69) is 24.1 Å². The molecule has 16 heavy (non-hydrogen) atoms. The molecule has 90 valence electrons. The number of hydrogen-bond acceptors (Lipinski definition) is 3. The maximum absolute atomic E-state index is 4.29. The Morgan fingerprint density at radius 3 is 2.94 bits per heavy atom. The van der Waals surface area contributed by atoms with Gasteiger partial charge in [-0.2, -0.15) is 0 Å². The van der Waals surface area contributed by atoms with E-state index in [1.807, 2.05) is 5.51 Å². The summed E-state index contributed by atoms with van der Waals surface area (Å²) in [4.78, 5) is 5.76. The summed E-state index contributed by atoms with van der Waals surface area (Å²) in [5, 5.41) is 3.65. The quantitative estimate of drug-likeness (QED) is 0.823. The molecule has 0 saturated heterocycles. The van der Waals surface area contributed by atoms with E-state index in [0.29, 0.717) is 0 Å². The van der Waals surface area contributed by atoms with Gasteiger partial charge in [-0.1, -0.05) is 13.3 Å². The van der Waals surface area contributed by atoms with Crippen LogP contribution in [0.15, 0.2) is 5.51 Å². The third kappa shape index (κ3) is 3.29. The number of aromatic nitrogens is 1. The Kier molecular flexibility index (Phi) is 4.36. The molecule has 1 aromatic rings. The zero-order valence-electron chi connectivity index (χ0n) is 10.3. The third-order valence-corrected chi connectivity index (χ3v) is 4.56. The van der Waals surface area contributed by atoms with E-state index in [-0.39, 0.29) is 0 Å². The maximum atomic E-state index is 4.29. The minimum absolute atomic E-state index is 0.780. The second kappa shape index (κ2) is 5.78. The molecule has 1 N–H and O–H groups in total. The Hall–Kier alpha value is -0.410. The second-order valence-corrected chi connectivity index (χ2v) is 5.98. The van der Waals surface area contributed by atoms with Crippen LogP contribution in [0.25, 0.3) is 0 Å². The van der Waals surface area contributed by atoms with Crippen LogP contribution < -0.4 is 5.32 Å². The van der Waals surface area contributed by atoms with Gasteiger partial charge >= 0.3 is 0 Å². The van der Waals surface area contributed by atoms with Crippen LogP contribution >= 0.6 is 11.3 Å². The van der Waals surface area contributed by atoms with Gasteiger partial charge in [-0.3, -0.25) is 0 Å². The maximum Gasteiger partial charge on any atom is 0.0797 e. The van der Waals surface area contributed by atoms with Crippen LogP contribution in [0.2, 0.25) is 0 Å². The van der Waals surface area contributed by atoms with Crippen LogP contribution in [0, 0.1) is 12.8 Å². The molecule has 1 saturated carbocycles. The van der Waals surface area contributed by atoms with Gasteiger partial charge < -0.3 is 5.32 Å². The van der Waals surface area contributed by atoms with Crippen LogP contribution in [0.1, 0.15) is 43.2 Å². The van der Waals surface area contributed by atoms with Gasteiger partial charge in [0.1, 0.15) is 0 Å². The lowest BCUT2D eigenvalue weighted by Gasteiger charge is -2.28. The molecular formula is C13H22N2S. The first kappa shape index (κ1) is 12.1. The Balaban J connectivity index is 1.63. The van der Waals surface area contributed by atoms with Crippen molar-refractivity contribution in [1.82, 2.24) is 10.3 Å². The molecular weight excluding hydrogens is 216 g/mol. The smallest absolute Gasteiger partial charge is 0.0797 e. The topological polar surface area (TPSA) is 24.9 Å². The number of aryl methyl sites for hydroxylation is 2. The van der Waals surface area contributed by atoms with Crippen LogP contribution in [-0.2, 0) is 6.42 Å². The molecule has 1 heterocycles. The molecule has 0 radical (unpaired) electrons. The second-order valence-electron chi connectivity index (χ2n) is 5.04. The first-order valence-corrected chi connectivity index (χ1v) is 7.26. The molecule has 1 aliphatic rings. The lowest BCUT2D eigenvalue weighted by atomic mass is 9.92. The monoisotopic (exact) mass is 238 g/mol. The number of nitrogens with zero attached hydrogens (tertiary/aromatic N) is 1. The van der Waals surface area contributed by atoms with Gasteiger partial charge in [-0.25, -0.2) is 4.98 Å². The summed E-state index contributed by atoms with van der Waals surface area (Å²) in [6, 6.07) is 0.826. The van der Waals surface area contributed by atoms with Gasteiger partial charge in [-0.05, 0) is 45.1 Å². The van der Waals surface area contributed by atoms with Crippen molar-refractivity contribution in [2.24, 2.45) is 5.92 Å². The molecule has 1 aromatic heterocycles. The molecule has 1 aliphatic carbocycles. The third-order valence-electron chi connectivity index (χ3n) is 3.57. The molecule has 0 bridgehead atoms. The zero-order chi connectivity index (χ0) is 11.4. The highest BCUT2D eigenvalue weighted by Crippen LogP contribution is 2.20. The van der Waals surface area contributed by atoms with E-state index < -0.39 is 0 Å². The fourth-order valence-electron chi connectivity index (χ4n) is 2.03. The average Bonchev–Trinajstić information content (AvgIpc) is 2.59. The highest BCUT2D eigenvalue weighted by atomic mass is 32.1. The largest absolute Gasteiger partial charge is 0.314 e. The summed E-state index contributed by atoms with van der Waals surface area (Å²) in [7, 11) is 0. The minimum atomic E-state index is 0.780. The fourth-order valence-corrected chi connectivity index (χ4v) is 2.82. The van der Waals surface area contributed by atoms with Crippen molar-refractivity contribution in [2.75, 3.05) is 6.54 Å². The van der Waals surface area contributed by atoms with Crippen LogP contribution in [0.3, 0.4) is 0 Å². The molecule has 0 amide bonds. The molecule has 0 spiro atoms. The average molecular weight is 238 g/mol. The van der Waals surface area contributed by atoms with Crippen LogP contribution in [0.5, 0.6) is 0 Å². The summed E-state index contributed by atoms with van der Waals surface area (Å²) < 4.78 is 0. The van der Waals surface area contributed by atoms with Crippen molar-refractivity contribution in [3.8, 4) is 0 Å². The molecule has 3 heteroatoms. The SMILES string of the molecule is Cc1ncsc1CCC(C)CNC1CCC1. The number of thiazole rings is 1. The first-order valence-electron chi connectivity index (χ1n) is 6.38. The van der Waals surface area contributed by atoms with Crippen LogP contribution in [0.4, 0.5) is 0 Å². The molecule has 1 fully saturated rings. The molecule has 1 atom stereocenters. The van der Waals surface area contributed by atoms with E-state index in [1.165, 1.54) is 49.2 Å². The number of rotatable bonds is 6. The molecule has 0 aromatic carbocycles. The molecule has 2 rings (SSSR count). The normalized spacial score (nSPS) is 18.4. The van der Waals surface area contributed by atoms with Crippen molar-refractivity contribution in [1.29, 1.82) is 0 Å². The van der Waals surface area contributed by atoms with Gasteiger partial charge in [0, 0.05) is 10.9 Å². The number of hydrogen-bond donors (Lipinski definition) is 1. The van der Waals surface area contributed by atoms with Gasteiger partial charge in [-0.15, -0.1) is 11.3 Å². The first-order chi connectivity index (χ1) is 7.75. The van der Waals surface area contributed by atoms with Crippen molar-refractivity contribution >= 4 is 11.3 Å². The zero-order valence-corrected chi connectivity index (χ0v) is 11.1. The van der Waals surface area contributed by atoms with Crippen LogP contribution in [-0.4, -0.2) is 17.6 Å². The van der Waals surface area contributed by atoms with E-state index in [4.69, 9.17) is 0 Å². The van der Waals surface area contributed by atoms with Gasteiger partial charge in [0.25, 0.3) is 0 Å². The highest BCUT2D eigenvalue weighted by Gasteiger charge is 2.17. The Labute approximate surface area is 102 Å². The van der Waals surface area contributed by atoms with Crippen molar-refractivity contribution in [3.05, 3.63) is 16.1 Å². The van der Waals surface area contributed by atoms with Gasteiger partial charge in [0.15, 0.2) is 0 Å². The Bertz CT molecular complexity index is 317. The highest BCUT2D eigenvalue weighted by molar-refractivity contribution is 7.09.